The van der Waals surface area contributed by atoms with Gasteiger partial charge in [-0.05, 0) is 43.2 Å². The lowest BCUT2D eigenvalue weighted by atomic mass is 9.98. The van der Waals surface area contributed by atoms with Crippen molar-refractivity contribution in [2.24, 2.45) is 11.7 Å². The number of amides is 2. The molecule has 2 aromatic heterocycles. The fourth-order valence-corrected chi connectivity index (χ4v) is 3.07. The number of nitrogens with zero attached hydrogens (tertiary/aromatic N) is 2. The molecule has 2 atom stereocenters. The minimum Gasteiger partial charge on any atom is -0.460 e. The van der Waals surface area contributed by atoms with E-state index in [2.05, 4.69) is 10.4 Å². The standard InChI is InChI=1S/C23H26N4O3/c1-4-15(2)21(23(24)29)25-20(28)13-11-17-14-27(18-8-6-5-7-9-18)26-22(17)19-12-10-16(3)30-19/h5-15,21H,4H2,1-3H3,(H2,24,29)(H,25,28). The highest BCUT2D eigenvalue weighted by Crippen LogP contribution is 2.26. The van der Waals surface area contributed by atoms with Gasteiger partial charge in [0.05, 0.1) is 5.69 Å². The Morgan fingerprint density at radius 1 is 1.23 bits per heavy atom. The highest BCUT2D eigenvalue weighted by molar-refractivity contribution is 5.96. The van der Waals surface area contributed by atoms with Crippen molar-refractivity contribution in [2.45, 2.75) is 33.2 Å². The average molecular weight is 406 g/mol. The number of para-hydroxylation sites is 1. The second-order valence-electron chi connectivity index (χ2n) is 7.23. The van der Waals surface area contributed by atoms with Crippen LogP contribution in [0.4, 0.5) is 0 Å². The summed E-state index contributed by atoms with van der Waals surface area (Å²) in [6.07, 6.45) is 5.59. The topological polar surface area (TPSA) is 103 Å². The summed E-state index contributed by atoms with van der Waals surface area (Å²) >= 11 is 0. The first-order valence-electron chi connectivity index (χ1n) is 9.88. The van der Waals surface area contributed by atoms with E-state index in [1.807, 2.05) is 69.4 Å². The molecule has 2 unspecified atom stereocenters. The minimum atomic E-state index is -0.716. The Morgan fingerprint density at radius 2 is 1.97 bits per heavy atom. The number of rotatable bonds is 8. The largest absolute Gasteiger partial charge is 0.460 e. The Labute approximate surface area is 175 Å². The molecular formula is C23H26N4O3. The Hall–Kier alpha value is -3.61. The van der Waals surface area contributed by atoms with Crippen LogP contribution in [0, 0.1) is 12.8 Å². The van der Waals surface area contributed by atoms with Gasteiger partial charge < -0.3 is 15.5 Å². The number of nitrogens with one attached hydrogen (secondary N) is 1. The average Bonchev–Trinajstić information content (AvgIpc) is 3.36. The first-order chi connectivity index (χ1) is 14.4. The number of furan rings is 1. The summed E-state index contributed by atoms with van der Waals surface area (Å²) in [5, 5.41) is 7.33. The number of hydrogen-bond acceptors (Lipinski definition) is 4. The maximum Gasteiger partial charge on any atom is 0.244 e. The van der Waals surface area contributed by atoms with Gasteiger partial charge in [0.15, 0.2) is 5.76 Å². The summed E-state index contributed by atoms with van der Waals surface area (Å²) in [7, 11) is 0. The maximum atomic E-state index is 12.4. The number of aryl methyl sites for hydroxylation is 1. The first kappa shape index (κ1) is 21.1. The quantitative estimate of drug-likeness (QED) is 0.559. The molecule has 0 saturated heterocycles. The Kier molecular flexibility index (Phi) is 6.51. The maximum absolute atomic E-state index is 12.4. The minimum absolute atomic E-state index is 0.0534. The molecule has 7 heteroatoms. The zero-order chi connectivity index (χ0) is 21.7. The number of aromatic nitrogens is 2. The molecule has 7 nitrogen and oxygen atoms in total. The molecular weight excluding hydrogens is 380 g/mol. The predicted octanol–water partition coefficient (Wildman–Crippen LogP) is 3.47. The zero-order valence-corrected chi connectivity index (χ0v) is 17.3. The van der Waals surface area contributed by atoms with Crippen LogP contribution in [0.5, 0.6) is 0 Å². The van der Waals surface area contributed by atoms with Crippen molar-refractivity contribution in [3.63, 3.8) is 0 Å². The van der Waals surface area contributed by atoms with E-state index in [1.54, 1.807) is 10.8 Å². The van der Waals surface area contributed by atoms with E-state index in [9.17, 15) is 9.59 Å². The summed E-state index contributed by atoms with van der Waals surface area (Å²) < 4.78 is 7.47. The van der Waals surface area contributed by atoms with E-state index in [0.717, 1.165) is 17.9 Å². The predicted molar refractivity (Wildman–Crippen MR) is 116 cm³/mol. The normalized spacial score (nSPS) is 13.3. The van der Waals surface area contributed by atoms with Crippen molar-refractivity contribution in [3.8, 4) is 17.1 Å². The van der Waals surface area contributed by atoms with Crippen LogP contribution in [0.25, 0.3) is 23.2 Å². The lowest BCUT2D eigenvalue weighted by Gasteiger charge is -2.20. The van der Waals surface area contributed by atoms with Crippen LogP contribution >= 0.6 is 0 Å². The first-order valence-corrected chi connectivity index (χ1v) is 9.88. The number of hydrogen-bond donors (Lipinski definition) is 2. The van der Waals surface area contributed by atoms with Gasteiger partial charge in [-0.1, -0.05) is 38.5 Å². The summed E-state index contributed by atoms with van der Waals surface area (Å²) in [4.78, 5) is 24.1. The summed E-state index contributed by atoms with van der Waals surface area (Å²) in [5.41, 5.74) is 7.65. The fraction of sp³-hybridized carbons (Fsp3) is 0.261. The molecule has 2 amide bonds. The second kappa shape index (κ2) is 9.26. The van der Waals surface area contributed by atoms with Crippen molar-refractivity contribution in [1.29, 1.82) is 0 Å². The zero-order valence-electron chi connectivity index (χ0n) is 17.3. The van der Waals surface area contributed by atoms with Crippen LogP contribution < -0.4 is 11.1 Å². The van der Waals surface area contributed by atoms with E-state index in [1.165, 1.54) is 6.08 Å². The van der Waals surface area contributed by atoms with E-state index < -0.39 is 17.9 Å². The van der Waals surface area contributed by atoms with Gasteiger partial charge in [0, 0.05) is 17.8 Å². The van der Waals surface area contributed by atoms with Crippen LogP contribution in [0.15, 0.2) is 59.2 Å². The SMILES string of the molecule is CCC(C)C(NC(=O)C=Cc1cn(-c2ccccc2)nc1-c1ccc(C)o1)C(N)=O. The van der Waals surface area contributed by atoms with Gasteiger partial charge in [-0.3, -0.25) is 9.59 Å². The lowest BCUT2D eigenvalue weighted by Crippen LogP contribution is -2.47. The van der Waals surface area contributed by atoms with Gasteiger partial charge in [0.2, 0.25) is 11.8 Å². The molecule has 3 aromatic rings. The molecule has 3 rings (SSSR count). The smallest absolute Gasteiger partial charge is 0.244 e. The highest BCUT2D eigenvalue weighted by Gasteiger charge is 2.22. The Balaban J connectivity index is 1.89. The van der Waals surface area contributed by atoms with Gasteiger partial charge in [0.1, 0.15) is 17.5 Å². The molecule has 156 valence electrons. The molecule has 0 radical (unpaired) electrons. The van der Waals surface area contributed by atoms with Crippen LogP contribution in [0.1, 0.15) is 31.6 Å². The molecule has 0 spiro atoms. The van der Waals surface area contributed by atoms with E-state index >= 15 is 0 Å². The van der Waals surface area contributed by atoms with E-state index in [-0.39, 0.29) is 5.92 Å². The van der Waals surface area contributed by atoms with Gasteiger partial charge in [0.25, 0.3) is 0 Å². The van der Waals surface area contributed by atoms with Gasteiger partial charge >= 0.3 is 0 Å². The third kappa shape index (κ3) is 4.86. The third-order valence-electron chi connectivity index (χ3n) is 4.97. The van der Waals surface area contributed by atoms with Crippen LogP contribution in [-0.4, -0.2) is 27.6 Å². The fourth-order valence-electron chi connectivity index (χ4n) is 3.07. The van der Waals surface area contributed by atoms with Crippen molar-refractivity contribution >= 4 is 17.9 Å². The Bertz CT molecular complexity index is 1050. The van der Waals surface area contributed by atoms with Crippen LogP contribution in [0.2, 0.25) is 0 Å². The van der Waals surface area contributed by atoms with Crippen molar-refractivity contribution in [2.75, 3.05) is 0 Å². The van der Waals surface area contributed by atoms with Crippen LogP contribution in [0.3, 0.4) is 0 Å². The van der Waals surface area contributed by atoms with Gasteiger partial charge in [-0.25, -0.2) is 4.68 Å². The molecule has 3 N–H and O–H groups in total. The van der Waals surface area contributed by atoms with E-state index in [0.29, 0.717) is 17.0 Å². The molecule has 0 saturated carbocycles. The molecule has 0 aliphatic carbocycles. The lowest BCUT2D eigenvalue weighted by molar-refractivity contribution is -0.126. The molecule has 30 heavy (non-hydrogen) atoms. The van der Waals surface area contributed by atoms with Crippen molar-refractivity contribution in [1.82, 2.24) is 15.1 Å². The second-order valence-corrected chi connectivity index (χ2v) is 7.23. The third-order valence-corrected chi connectivity index (χ3v) is 4.97. The molecule has 0 aliphatic rings. The summed E-state index contributed by atoms with van der Waals surface area (Å²) in [6, 6.07) is 12.7. The number of primary amides is 1. The summed E-state index contributed by atoms with van der Waals surface area (Å²) in [5.74, 6) is 0.381. The van der Waals surface area contributed by atoms with Crippen LogP contribution in [-0.2, 0) is 9.59 Å². The number of carbonyl (C=O) groups excluding carboxylic acids is 2. The monoisotopic (exact) mass is 406 g/mol. The number of benzene rings is 1. The molecule has 0 fully saturated rings. The number of nitrogens with two attached hydrogens (primary N) is 1. The molecule has 0 aliphatic heterocycles. The van der Waals surface area contributed by atoms with Crippen molar-refractivity contribution in [3.05, 3.63) is 66.1 Å². The molecule has 2 heterocycles. The molecule has 1 aromatic carbocycles. The summed E-state index contributed by atoms with van der Waals surface area (Å²) in [6.45, 7) is 5.68. The highest BCUT2D eigenvalue weighted by atomic mass is 16.3. The van der Waals surface area contributed by atoms with Crippen molar-refractivity contribution < 1.29 is 14.0 Å². The van der Waals surface area contributed by atoms with Gasteiger partial charge in [-0.2, -0.15) is 5.10 Å². The number of carbonyl (C=O) groups is 2. The van der Waals surface area contributed by atoms with E-state index in [4.69, 9.17) is 10.2 Å². The Morgan fingerprint density at radius 3 is 2.57 bits per heavy atom. The molecule has 0 bridgehead atoms. The van der Waals surface area contributed by atoms with Gasteiger partial charge in [-0.15, -0.1) is 0 Å².